The summed E-state index contributed by atoms with van der Waals surface area (Å²) in [6, 6.07) is 3.38. The Morgan fingerprint density at radius 1 is 1.14 bits per heavy atom. The summed E-state index contributed by atoms with van der Waals surface area (Å²) < 4.78 is 28.4. The minimum atomic E-state index is -0.677. The second-order valence-corrected chi connectivity index (χ2v) is 5.58. The number of nitrogen functional groups attached to an aromatic ring is 1. The summed E-state index contributed by atoms with van der Waals surface area (Å²) in [6.07, 6.45) is 4.33. The van der Waals surface area contributed by atoms with Crippen LogP contribution in [0.1, 0.15) is 25.0 Å². The largest absolute Gasteiger partial charge is 0.381 e. The van der Waals surface area contributed by atoms with E-state index in [1.807, 2.05) is 0 Å². The second kappa shape index (κ2) is 6.39. The Bertz CT molecular complexity index is 649. The number of piperidine rings is 1. The average molecular weight is 307 g/mol. The maximum atomic E-state index is 13.9. The Morgan fingerprint density at radius 3 is 2.64 bits per heavy atom. The first kappa shape index (κ1) is 14.9. The van der Waals surface area contributed by atoms with Crippen LogP contribution in [0.5, 0.6) is 0 Å². The van der Waals surface area contributed by atoms with Crippen molar-refractivity contribution in [3.05, 3.63) is 35.5 Å². The maximum absolute atomic E-state index is 13.9. The fourth-order valence-electron chi connectivity index (χ4n) is 2.84. The summed E-state index contributed by atoms with van der Waals surface area (Å²) in [5, 5.41) is 7.73. The highest BCUT2D eigenvalue weighted by Crippen LogP contribution is 2.19. The first-order chi connectivity index (χ1) is 10.6. The molecule has 1 fully saturated rings. The molecule has 5 nitrogen and oxygen atoms in total. The third-order valence-electron chi connectivity index (χ3n) is 4.04. The number of halogens is 2. The van der Waals surface area contributed by atoms with E-state index >= 15 is 0 Å². The van der Waals surface area contributed by atoms with Crippen molar-refractivity contribution in [3.63, 3.8) is 0 Å². The zero-order chi connectivity index (χ0) is 15.5. The third kappa shape index (κ3) is 3.09. The number of hydrogen-bond acceptors (Lipinski definition) is 4. The van der Waals surface area contributed by atoms with E-state index in [2.05, 4.69) is 15.2 Å². The Labute approximate surface area is 127 Å². The molecule has 1 aliphatic rings. The summed E-state index contributed by atoms with van der Waals surface area (Å²) in [4.78, 5) is 2.36. The van der Waals surface area contributed by atoms with Gasteiger partial charge in [-0.2, -0.15) is 0 Å². The van der Waals surface area contributed by atoms with Crippen LogP contribution in [-0.2, 0) is 6.42 Å². The van der Waals surface area contributed by atoms with Gasteiger partial charge in [-0.25, -0.2) is 13.5 Å². The Hall–Kier alpha value is -2.02. The van der Waals surface area contributed by atoms with Gasteiger partial charge in [0.2, 0.25) is 0 Å². The standard InChI is InChI=1S/C15H19F2N5/c16-11-4-5-13(12(17)10-11)22-14(15(18)19-20-22)6-9-21-7-2-1-3-8-21/h4-5,10H,1-3,6-9,18H2. The van der Waals surface area contributed by atoms with E-state index in [0.717, 1.165) is 25.7 Å². The van der Waals surface area contributed by atoms with Crippen molar-refractivity contribution in [2.45, 2.75) is 25.7 Å². The van der Waals surface area contributed by atoms with Crippen molar-refractivity contribution in [2.75, 3.05) is 25.4 Å². The molecule has 7 heteroatoms. The van der Waals surface area contributed by atoms with Crippen LogP contribution >= 0.6 is 0 Å². The molecule has 0 aliphatic carbocycles. The lowest BCUT2D eigenvalue weighted by Crippen LogP contribution is -2.32. The van der Waals surface area contributed by atoms with Gasteiger partial charge in [0.15, 0.2) is 11.6 Å². The lowest BCUT2D eigenvalue weighted by atomic mass is 10.1. The number of nitrogens with zero attached hydrogens (tertiary/aromatic N) is 4. The predicted molar refractivity (Wildman–Crippen MR) is 79.7 cm³/mol. The van der Waals surface area contributed by atoms with Gasteiger partial charge >= 0.3 is 0 Å². The molecular weight excluding hydrogens is 288 g/mol. The molecule has 0 bridgehead atoms. The molecule has 0 radical (unpaired) electrons. The van der Waals surface area contributed by atoms with Crippen molar-refractivity contribution in [3.8, 4) is 5.69 Å². The molecule has 1 aliphatic heterocycles. The Morgan fingerprint density at radius 2 is 1.91 bits per heavy atom. The van der Waals surface area contributed by atoms with Gasteiger partial charge in [-0.1, -0.05) is 11.6 Å². The summed E-state index contributed by atoms with van der Waals surface area (Å²) >= 11 is 0. The third-order valence-corrected chi connectivity index (χ3v) is 4.04. The Kier molecular flexibility index (Phi) is 4.33. The smallest absolute Gasteiger partial charge is 0.169 e. The molecule has 22 heavy (non-hydrogen) atoms. The SMILES string of the molecule is Nc1nnn(-c2ccc(F)cc2F)c1CCN1CCCCC1. The van der Waals surface area contributed by atoms with E-state index in [9.17, 15) is 8.78 Å². The Balaban J connectivity index is 1.81. The molecule has 1 aromatic carbocycles. The van der Waals surface area contributed by atoms with Crippen molar-refractivity contribution in [2.24, 2.45) is 0 Å². The molecule has 2 aromatic rings. The van der Waals surface area contributed by atoms with Crippen molar-refractivity contribution in [1.29, 1.82) is 0 Å². The summed E-state index contributed by atoms with van der Waals surface area (Å²) in [5.74, 6) is -1.01. The summed E-state index contributed by atoms with van der Waals surface area (Å²) in [7, 11) is 0. The van der Waals surface area contributed by atoms with E-state index in [0.29, 0.717) is 17.9 Å². The van der Waals surface area contributed by atoms with Gasteiger partial charge in [-0.3, -0.25) is 0 Å². The van der Waals surface area contributed by atoms with Crippen LogP contribution in [0.15, 0.2) is 18.2 Å². The number of rotatable bonds is 4. The van der Waals surface area contributed by atoms with Gasteiger partial charge in [0.1, 0.15) is 11.5 Å². The fraction of sp³-hybridized carbons (Fsp3) is 0.467. The highest BCUT2D eigenvalue weighted by Gasteiger charge is 2.17. The molecule has 0 atom stereocenters. The first-order valence-electron chi connectivity index (χ1n) is 7.53. The van der Waals surface area contributed by atoms with Gasteiger partial charge in [0, 0.05) is 19.0 Å². The van der Waals surface area contributed by atoms with E-state index in [-0.39, 0.29) is 5.69 Å². The minimum absolute atomic E-state index is 0.166. The molecule has 1 saturated heterocycles. The van der Waals surface area contributed by atoms with Crippen molar-refractivity contribution in [1.82, 2.24) is 19.9 Å². The number of benzene rings is 1. The zero-order valence-electron chi connectivity index (χ0n) is 12.3. The number of nitrogens with two attached hydrogens (primary N) is 1. The van der Waals surface area contributed by atoms with E-state index < -0.39 is 11.6 Å². The van der Waals surface area contributed by atoms with Gasteiger partial charge < -0.3 is 10.6 Å². The van der Waals surface area contributed by atoms with Gasteiger partial charge in [-0.15, -0.1) is 5.10 Å². The van der Waals surface area contributed by atoms with Gasteiger partial charge in [0.25, 0.3) is 0 Å². The molecule has 2 heterocycles. The van der Waals surface area contributed by atoms with Crippen LogP contribution in [0.3, 0.4) is 0 Å². The average Bonchev–Trinajstić information content (AvgIpc) is 2.87. The van der Waals surface area contributed by atoms with Crippen LogP contribution < -0.4 is 5.73 Å². The fourth-order valence-corrected chi connectivity index (χ4v) is 2.84. The van der Waals surface area contributed by atoms with Crippen LogP contribution in [0.2, 0.25) is 0 Å². The molecular formula is C15H19F2N5. The molecule has 3 rings (SSSR count). The van der Waals surface area contributed by atoms with Crippen LogP contribution in [0, 0.1) is 11.6 Å². The van der Waals surface area contributed by atoms with Crippen molar-refractivity contribution >= 4 is 5.82 Å². The topological polar surface area (TPSA) is 60.0 Å². The predicted octanol–water partition coefficient (Wildman–Crippen LogP) is 2.16. The van der Waals surface area contributed by atoms with E-state index in [1.54, 1.807) is 0 Å². The monoisotopic (exact) mass is 307 g/mol. The molecule has 118 valence electrons. The number of anilines is 1. The van der Waals surface area contributed by atoms with Crippen molar-refractivity contribution < 1.29 is 8.78 Å². The molecule has 1 aromatic heterocycles. The molecule has 2 N–H and O–H groups in total. The lowest BCUT2D eigenvalue weighted by Gasteiger charge is -2.26. The van der Waals surface area contributed by atoms with Gasteiger partial charge in [-0.05, 0) is 38.1 Å². The van der Waals surface area contributed by atoms with Crippen LogP contribution in [0.25, 0.3) is 5.69 Å². The lowest BCUT2D eigenvalue weighted by molar-refractivity contribution is 0.230. The van der Waals surface area contributed by atoms with Crippen LogP contribution in [0.4, 0.5) is 14.6 Å². The van der Waals surface area contributed by atoms with Gasteiger partial charge in [0.05, 0.1) is 5.69 Å². The molecule has 0 unspecified atom stereocenters. The summed E-state index contributed by atoms with van der Waals surface area (Å²) in [6.45, 7) is 2.99. The molecule has 0 spiro atoms. The van der Waals surface area contributed by atoms with E-state index in [4.69, 9.17) is 5.73 Å². The second-order valence-electron chi connectivity index (χ2n) is 5.58. The number of hydrogen-bond donors (Lipinski definition) is 1. The first-order valence-corrected chi connectivity index (χ1v) is 7.53. The normalized spacial score (nSPS) is 16.1. The van der Waals surface area contributed by atoms with Crippen LogP contribution in [-0.4, -0.2) is 39.5 Å². The minimum Gasteiger partial charge on any atom is -0.381 e. The van der Waals surface area contributed by atoms with E-state index in [1.165, 1.54) is 36.1 Å². The number of likely N-dealkylation sites (tertiary alicyclic amines) is 1. The summed E-state index contributed by atoms with van der Waals surface area (Å²) in [5.41, 5.74) is 6.69. The number of aromatic nitrogens is 3. The maximum Gasteiger partial charge on any atom is 0.169 e. The quantitative estimate of drug-likeness (QED) is 0.940. The highest BCUT2D eigenvalue weighted by atomic mass is 19.1. The zero-order valence-corrected chi connectivity index (χ0v) is 12.3. The molecule has 0 saturated carbocycles. The molecule has 0 amide bonds. The highest BCUT2D eigenvalue weighted by molar-refractivity contribution is 5.41.